The van der Waals surface area contributed by atoms with Crippen molar-refractivity contribution in [3.63, 3.8) is 0 Å². The van der Waals surface area contributed by atoms with Crippen molar-refractivity contribution < 1.29 is 14.7 Å². The maximum absolute atomic E-state index is 12.4. The van der Waals surface area contributed by atoms with Crippen molar-refractivity contribution in [1.29, 1.82) is 0 Å². The summed E-state index contributed by atoms with van der Waals surface area (Å²) in [5.41, 5.74) is 4.43. The van der Waals surface area contributed by atoms with Gasteiger partial charge in [-0.05, 0) is 35.6 Å². The van der Waals surface area contributed by atoms with E-state index in [0.717, 1.165) is 23.2 Å². The molecule has 0 spiro atoms. The second kappa shape index (κ2) is 7.17. The van der Waals surface area contributed by atoms with Gasteiger partial charge in [0.2, 0.25) is 0 Å². The van der Waals surface area contributed by atoms with Crippen LogP contribution in [0.5, 0.6) is 0 Å². The van der Waals surface area contributed by atoms with E-state index >= 15 is 0 Å². The minimum absolute atomic E-state index is 0.0645. The number of hydrogen-bond acceptors (Lipinski definition) is 2. The van der Waals surface area contributed by atoms with Crippen LogP contribution in [0.4, 0.5) is 10.5 Å². The average molecular weight is 324 g/mol. The molecule has 24 heavy (non-hydrogen) atoms. The third kappa shape index (κ3) is 3.40. The Morgan fingerprint density at radius 2 is 1.88 bits per heavy atom. The number of hydrogen-bond donors (Lipinski definition) is 2. The first-order valence-corrected chi connectivity index (χ1v) is 8.11. The molecular weight excluding hydrogens is 304 g/mol. The molecule has 124 valence electrons. The van der Waals surface area contributed by atoms with Crippen LogP contribution in [0.15, 0.2) is 48.5 Å². The zero-order valence-electron chi connectivity index (χ0n) is 13.4. The Bertz CT molecular complexity index is 744. The molecule has 5 nitrogen and oxygen atoms in total. The summed E-state index contributed by atoms with van der Waals surface area (Å²) in [5, 5.41) is 11.4. The topological polar surface area (TPSA) is 69.6 Å². The van der Waals surface area contributed by atoms with E-state index in [1.54, 1.807) is 4.90 Å². The van der Waals surface area contributed by atoms with Gasteiger partial charge in [0.25, 0.3) is 0 Å². The Hall–Kier alpha value is -2.82. The molecule has 0 aromatic heterocycles. The highest BCUT2D eigenvalue weighted by Crippen LogP contribution is 2.36. The minimum Gasteiger partial charge on any atom is -0.481 e. The molecule has 0 fully saturated rings. The number of amides is 2. The number of carbonyl (C=O) groups is 2. The lowest BCUT2D eigenvalue weighted by molar-refractivity contribution is -0.137. The van der Waals surface area contributed by atoms with Crippen molar-refractivity contribution in [3.05, 3.63) is 54.1 Å². The quantitative estimate of drug-likeness (QED) is 0.829. The first kappa shape index (κ1) is 16.1. The number of benzene rings is 2. The minimum atomic E-state index is -0.844. The fraction of sp³-hybridized carbons (Fsp3) is 0.263. The van der Waals surface area contributed by atoms with Crippen LogP contribution in [-0.4, -0.2) is 30.2 Å². The summed E-state index contributed by atoms with van der Waals surface area (Å²) in [4.78, 5) is 24.6. The average Bonchev–Trinajstić information content (AvgIpc) is 3.03. The fourth-order valence-corrected chi connectivity index (χ4v) is 3.06. The Morgan fingerprint density at radius 3 is 2.62 bits per heavy atom. The highest BCUT2D eigenvalue weighted by molar-refractivity contribution is 5.96. The van der Waals surface area contributed by atoms with Crippen LogP contribution >= 0.6 is 0 Å². The third-order valence-electron chi connectivity index (χ3n) is 4.20. The van der Waals surface area contributed by atoms with Crippen LogP contribution in [0, 0.1) is 0 Å². The van der Waals surface area contributed by atoms with Gasteiger partial charge in [-0.25, -0.2) is 4.79 Å². The van der Waals surface area contributed by atoms with Crippen LogP contribution in [-0.2, 0) is 11.2 Å². The summed E-state index contributed by atoms with van der Waals surface area (Å²) >= 11 is 0. The van der Waals surface area contributed by atoms with E-state index in [2.05, 4.69) is 23.5 Å². The van der Waals surface area contributed by atoms with Crippen molar-refractivity contribution in [3.8, 4) is 11.1 Å². The normalized spacial score (nSPS) is 12.8. The number of urea groups is 1. The molecule has 2 aromatic rings. The number of carboxylic acid groups (broad SMARTS) is 1. The highest BCUT2D eigenvalue weighted by atomic mass is 16.4. The molecule has 0 saturated heterocycles. The molecule has 0 saturated carbocycles. The SMILES string of the molecule is O=C(O)CCCNC(=O)N1CCc2c(-c3ccccc3)cccc21. The number of fused-ring (bicyclic) bond motifs is 1. The maximum atomic E-state index is 12.4. The monoisotopic (exact) mass is 324 g/mol. The van der Waals surface area contributed by atoms with E-state index in [1.807, 2.05) is 30.3 Å². The van der Waals surface area contributed by atoms with Crippen molar-refractivity contribution in [2.24, 2.45) is 0 Å². The largest absolute Gasteiger partial charge is 0.481 e. The molecule has 2 amide bonds. The molecular formula is C19H20N2O3. The van der Waals surface area contributed by atoms with E-state index in [-0.39, 0.29) is 12.5 Å². The second-order valence-electron chi connectivity index (χ2n) is 5.80. The lowest BCUT2D eigenvalue weighted by Crippen LogP contribution is -2.39. The van der Waals surface area contributed by atoms with Crippen molar-refractivity contribution in [2.75, 3.05) is 18.0 Å². The molecule has 0 unspecified atom stereocenters. The van der Waals surface area contributed by atoms with Gasteiger partial charge >= 0.3 is 12.0 Å². The lowest BCUT2D eigenvalue weighted by atomic mass is 9.98. The predicted molar refractivity (Wildman–Crippen MR) is 93.2 cm³/mol. The summed E-state index contributed by atoms with van der Waals surface area (Å²) in [7, 11) is 0. The number of carboxylic acids is 1. The van der Waals surface area contributed by atoms with Crippen molar-refractivity contribution in [2.45, 2.75) is 19.3 Å². The van der Waals surface area contributed by atoms with Gasteiger partial charge in [-0.1, -0.05) is 42.5 Å². The molecule has 0 radical (unpaired) electrons. The Balaban J connectivity index is 1.73. The number of carbonyl (C=O) groups excluding carboxylic acids is 1. The number of aliphatic carboxylic acids is 1. The molecule has 1 heterocycles. The van der Waals surface area contributed by atoms with Gasteiger partial charge in [-0.2, -0.15) is 0 Å². The van der Waals surface area contributed by atoms with E-state index in [9.17, 15) is 9.59 Å². The van der Waals surface area contributed by atoms with Gasteiger partial charge in [0.1, 0.15) is 0 Å². The number of nitrogens with zero attached hydrogens (tertiary/aromatic N) is 1. The highest BCUT2D eigenvalue weighted by Gasteiger charge is 2.26. The smallest absolute Gasteiger partial charge is 0.321 e. The Morgan fingerprint density at radius 1 is 1.08 bits per heavy atom. The molecule has 0 aliphatic carbocycles. The summed E-state index contributed by atoms with van der Waals surface area (Å²) < 4.78 is 0. The van der Waals surface area contributed by atoms with Crippen LogP contribution in [0.1, 0.15) is 18.4 Å². The molecule has 3 rings (SSSR count). The molecule has 1 aliphatic heterocycles. The Kier molecular flexibility index (Phi) is 4.79. The van der Waals surface area contributed by atoms with Gasteiger partial charge in [0.15, 0.2) is 0 Å². The zero-order valence-corrected chi connectivity index (χ0v) is 13.4. The fourth-order valence-electron chi connectivity index (χ4n) is 3.06. The van der Waals surface area contributed by atoms with Crippen LogP contribution < -0.4 is 10.2 Å². The second-order valence-corrected chi connectivity index (χ2v) is 5.80. The van der Waals surface area contributed by atoms with Gasteiger partial charge in [0.05, 0.1) is 0 Å². The molecule has 0 bridgehead atoms. The number of anilines is 1. The van der Waals surface area contributed by atoms with E-state index < -0.39 is 5.97 Å². The maximum Gasteiger partial charge on any atom is 0.321 e. The summed E-state index contributed by atoms with van der Waals surface area (Å²) in [6.45, 7) is 1.01. The van der Waals surface area contributed by atoms with E-state index in [1.165, 1.54) is 5.56 Å². The number of nitrogens with one attached hydrogen (secondary N) is 1. The number of rotatable bonds is 5. The van der Waals surface area contributed by atoms with Gasteiger partial charge < -0.3 is 10.4 Å². The van der Waals surface area contributed by atoms with Crippen molar-refractivity contribution >= 4 is 17.7 Å². The van der Waals surface area contributed by atoms with Gasteiger partial charge in [-0.15, -0.1) is 0 Å². The predicted octanol–water partition coefficient (Wildman–Crippen LogP) is 3.29. The lowest BCUT2D eigenvalue weighted by Gasteiger charge is -2.18. The van der Waals surface area contributed by atoms with Gasteiger partial charge in [0, 0.05) is 25.2 Å². The first-order valence-electron chi connectivity index (χ1n) is 8.11. The summed E-state index contributed by atoms with van der Waals surface area (Å²) in [6.07, 6.45) is 1.32. The van der Waals surface area contributed by atoms with Crippen LogP contribution in [0.3, 0.4) is 0 Å². The first-order chi connectivity index (χ1) is 11.7. The standard InChI is InChI=1S/C19H20N2O3/c22-18(23)10-5-12-20-19(24)21-13-11-16-15(8-4-9-17(16)21)14-6-2-1-3-7-14/h1-4,6-9H,5,10-13H2,(H,20,24)(H,22,23). The van der Waals surface area contributed by atoms with Crippen LogP contribution in [0.2, 0.25) is 0 Å². The van der Waals surface area contributed by atoms with Crippen LogP contribution in [0.25, 0.3) is 11.1 Å². The van der Waals surface area contributed by atoms with E-state index in [0.29, 0.717) is 19.5 Å². The van der Waals surface area contributed by atoms with E-state index in [4.69, 9.17) is 5.11 Å². The molecule has 2 N–H and O–H groups in total. The molecule has 0 atom stereocenters. The summed E-state index contributed by atoms with van der Waals surface area (Å²) in [6, 6.07) is 16.0. The van der Waals surface area contributed by atoms with Crippen molar-refractivity contribution in [1.82, 2.24) is 5.32 Å². The zero-order chi connectivity index (χ0) is 16.9. The summed E-state index contributed by atoms with van der Waals surface area (Å²) in [5.74, 6) is -0.844. The Labute approximate surface area is 140 Å². The molecule has 1 aliphatic rings. The molecule has 5 heteroatoms. The molecule has 2 aromatic carbocycles. The van der Waals surface area contributed by atoms with Gasteiger partial charge in [-0.3, -0.25) is 9.69 Å². The third-order valence-corrected chi connectivity index (χ3v) is 4.20.